The molecule has 0 saturated carbocycles. The average molecular weight is 430 g/mol. The molecule has 1 N–H and O–H groups in total. The summed E-state index contributed by atoms with van der Waals surface area (Å²) in [7, 11) is 3.21. The lowest BCUT2D eigenvalue weighted by molar-refractivity contribution is -0.142. The third kappa shape index (κ3) is 4.06. The van der Waals surface area contributed by atoms with Crippen molar-refractivity contribution in [1.29, 1.82) is 0 Å². The van der Waals surface area contributed by atoms with Crippen LogP contribution in [0.25, 0.3) is 16.9 Å². The van der Waals surface area contributed by atoms with Gasteiger partial charge in [-0.05, 0) is 36.4 Å². The summed E-state index contributed by atoms with van der Waals surface area (Å²) in [6, 6.07) is 10.3. The van der Waals surface area contributed by atoms with E-state index < -0.39 is 17.8 Å². The highest BCUT2D eigenvalue weighted by molar-refractivity contribution is 5.93. The van der Waals surface area contributed by atoms with E-state index in [-0.39, 0.29) is 23.6 Å². The number of amides is 1. The molecule has 0 atom stereocenters. The molecule has 4 rings (SSSR count). The predicted molar refractivity (Wildman–Crippen MR) is 104 cm³/mol. The molecule has 31 heavy (non-hydrogen) atoms. The molecule has 8 nitrogen and oxygen atoms in total. The smallest absolute Gasteiger partial charge is 0.433 e. The molecule has 0 radical (unpaired) electrons. The standard InChI is InChI=1S/C20H17F3N6O2/c1-28-13(7-8-25-28)11-24-19(30)16-10-18-26-15(12-3-5-14(31-2)6-4-12)9-17(20(21,22)23)29(18)27-16/h3-10H,11H2,1-2H3,(H,24,30). The number of nitrogens with zero attached hydrogens (tertiary/aromatic N) is 5. The number of methoxy groups -OCH3 is 1. The summed E-state index contributed by atoms with van der Waals surface area (Å²) in [5, 5.41) is 10.5. The molecule has 4 aromatic rings. The van der Waals surface area contributed by atoms with Gasteiger partial charge in [-0.15, -0.1) is 0 Å². The maximum Gasteiger partial charge on any atom is 0.433 e. The maximum absolute atomic E-state index is 13.7. The Morgan fingerprint density at radius 1 is 1.16 bits per heavy atom. The van der Waals surface area contributed by atoms with Crippen LogP contribution in [0.1, 0.15) is 21.9 Å². The number of ether oxygens (including phenoxy) is 1. The van der Waals surface area contributed by atoms with Gasteiger partial charge in [-0.2, -0.15) is 23.4 Å². The van der Waals surface area contributed by atoms with Crippen LogP contribution < -0.4 is 10.1 Å². The SMILES string of the molecule is COc1ccc(-c2cc(C(F)(F)F)n3nc(C(=O)NCc4ccnn4C)cc3n2)cc1. The molecule has 0 saturated heterocycles. The van der Waals surface area contributed by atoms with Crippen LogP contribution in [0.15, 0.2) is 48.7 Å². The summed E-state index contributed by atoms with van der Waals surface area (Å²) in [4.78, 5) is 16.7. The van der Waals surface area contributed by atoms with E-state index in [1.165, 1.54) is 13.2 Å². The van der Waals surface area contributed by atoms with E-state index in [2.05, 4.69) is 20.5 Å². The van der Waals surface area contributed by atoms with E-state index in [0.717, 1.165) is 11.8 Å². The normalized spacial score (nSPS) is 11.6. The van der Waals surface area contributed by atoms with Crippen molar-refractivity contribution in [1.82, 2.24) is 29.7 Å². The lowest BCUT2D eigenvalue weighted by Gasteiger charge is -2.11. The van der Waals surface area contributed by atoms with Gasteiger partial charge < -0.3 is 10.1 Å². The highest BCUT2D eigenvalue weighted by atomic mass is 19.4. The number of aromatic nitrogens is 5. The number of carbonyl (C=O) groups excluding carboxylic acids is 1. The number of fused-ring (bicyclic) bond motifs is 1. The minimum absolute atomic E-state index is 0.0914. The first-order valence-corrected chi connectivity index (χ1v) is 9.14. The highest BCUT2D eigenvalue weighted by Crippen LogP contribution is 2.32. The van der Waals surface area contributed by atoms with Crippen LogP contribution in [-0.2, 0) is 19.8 Å². The van der Waals surface area contributed by atoms with Gasteiger partial charge in [0.25, 0.3) is 5.91 Å². The summed E-state index contributed by atoms with van der Waals surface area (Å²) >= 11 is 0. The van der Waals surface area contributed by atoms with Crippen molar-refractivity contribution in [2.45, 2.75) is 12.7 Å². The Hall–Kier alpha value is -3.89. The van der Waals surface area contributed by atoms with Crippen LogP contribution in [0.3, 0.4) is 0 Å². The third-order valence-electron chi connectivity index (χ3n) is 4.69. The second-order valence-electron chi connectivity index (χ2n) is 6.68. The van der Waals surface area contributed by atoms with E-state index in [0.29, 0.717) is 15.8 Å². The average Bonchev–Trinajstić information content (AvgIpc) is 3.36. The number of nitrogens with one attached hydrogen (secondary N) is 1. The Morgan fingerprint density at radius 2 is 1.90 bits per heavy atom. The first-order chi connectivity index (χ1) is 14.8. The van der Waals surface area contributed by atoms with E-state index in [9.17, 15) is 18.0 Å². The van der Waals surface area contributed by atoms with Crippen molar-refractivity contribution in [2.24, 2.45) is 7.05 Å². The van der Waals surface area contributed by atoms with Gasteiger partial charge in [-0.3, -0.25) is 9.48 Å². The summed E-state index contributed by atoms with van der Waals surface area (Å²) in [6.45, 7) is 0.153. The molecule has 0 bridgehead atoms. The number of rotatable bonds is 5. The Labute approximate surface area is 174 Å². The second-order valence-corrected chi connectivity index (χ2v) is 6.68. The van der Waals surface area contributed by atoms with Crippen LogP contribution in [0, 0.1) is 0 Å². The van der Waals surface area contributed by atoms with Gasteiger partial charge in [-0.1, -0.05) is 0 Å². The molecule has 0 aliphatic rings. The Bertz CT molecular complexity index is 1240. The van der Waals surface area contributed by atoms with E-state index in [4.69, 9.17) is 4.74 Å². The number of carbonyl (C=O) groups is 1. The second kappa shape index (κ2) is 7.74. The molecule has 160 valence electrons. The van der Waals surface area contributed by atoms with Crippen LogP contribution in [0.2, 0.25) is 0 Å². The number of alkyl halides is 3. The molecule has 0 aliphatic carbocycles. The molecule has 0 fully saturated rings. The molecule has 3 aromatic heterocycles. The van der Waals surface area contributed by atoms with Gasteiger partial charge in [-0.25, -0.2) is 9.50 Å². The zero-order valence-corrected chi connectivity index (χ0v) is 16.5. The van der Waals surface area contributed by atoms with Crippen molar-refractivity contribution >= 4 is 11.6 Å². The molecule has 3 heterocycles. The molecule has 1 aromatic carbocycles. The lowest BCUT2D eigenvalue weighted by atomic mass is 10.1. The number of aryl methyl sites for hydroxylation is 1. The van der Waals surface area contributed by atoms with Crippen molar-refractivity contribution < 1.29 is 22.7 Å². The van der Waals surface area contributed by atoms with Crippen molar-refractivity contribution in [2.75, 3.05) is 7.11 Å². The number of hydrogen-bond donors (Lipinski definition) is 1. The Balaban J connectivity index is 1.71. The number of benzene rings is 1. The van der Waals surface area contributed by atoms with Gasteiger partial charge in [0.1, 0.15) is 5.75 Å². The summed E-state index contributed by atoms with van der Waals surface area (Å²) in [5.74, 6) is -0.0524. The molecule has 1 amide bonds. The van der Waals surface area contributed by atoms with E-state index in [1.807, 2.05) is 0 Å². The van der Waals surface area contributed by atoms with Crippen LogP contribution >= 0.6 is 0 Å². The fourth-order valence-corrected chi connectivity index (χ4v) is 3.03. The largest absolute Gasteiger partial charge is 0.497 e. The molecular formula is C20H17F3N6O2. The monoisotopic (exact) mass is 430 g/mol. The minimum atomic E-state index is -4.70. The first kappa shape index (κ1) is 20.4. The zero-order chi connectivity index (χ0) is 22.2. The maximum atomic E-state index is 13.7. The third-order valence-corrected chi connectivity index (χ3v) is 4.69. The molecule has 11 heteroatoms. The van der Waals surface area contributed by atoms with Gasteiger partial charge >= 0.3 is 6.18 Å². The highest BCUT2D eigenvalue weighted by Gasteiger charge is 2.35. The van der Waals surface area contributed by atoms with Crippen LogP contribution in [0.4, 0.5) is 13.2 Å². The molecule has 0 aliphatic heterocycles. The fraction of sp³-hybridized carbons (Fsp3) is 0.200. The van der Waals surface area contributed by atoms with E-state index in [1.54, 1.807) is 48.3 Å². The van der Waals surface area contributed by atoms with Crippen molar-refractivity contribution in [3.63, 3.8) is 0 Å². The molecule has 0 unspecified atom stereocenters. The molecular weight excluding hydrogens is 413 g/mol. The van der Waals surface area contributed by atoms with E-state index >= 15 is 0 Å². The quantitative estimate of drug-likeness (QED) is 0.526. The number of halogens is 3. The summed E-state index contributed by atoms with van der Waals surface area (Å²) in [5.41, 5.74) is 0.00169. The van der Waals surface area contributed by atoms with Crippen molar-refractivity contribution in [3.05, 3.63) is 65.7 Å². The fourth-order valence-electron chi connectivity index (χ4n) is 3.03. The minimum Gasteiger partial charge on any atom is -0.497 e. The summed E-state index contributed by atoms with van der Waals surface area (Å²) < 4.78 is 48.4. The zero-order valence-electron chi connectivity index (χ0n) is 16.5. The van der Waals surface area contributed by atoms with Gasteiger partial charge in [0, 0.05) is 24.9 Å². The van der Waals surface area contributed by atoms with Crippen LogP contribution in [0.5, 0.6) is 5.75 Å². The molecule has 0 spiro atoms. The van der Waals surface area contributed by atoms with Crippen LogP contribution in [-0.4, -0.2) is 37.4 Å². The van der Waals surface area contributed by atoms with Crippen molar-refractivity contribution in [3.8, 4) is 17.0 Å². The van der Waals surface area contributed by atoms with Gasteiger partial charge in [0.2, 0.25) is 0 Å². The Kier molecular flexibility index (Phi) is 5.09. The number of hydrogen-bond acceptors (Lipinski definition) is 5. The lowest BCUT2D eigenvalue weighted by Crippen LogP contribution is -2.24. The predicted octanol–water partition coefficient (Wildman–Crippen LogP) is 3.09. The summed E-state index contributed by atoms with van der Waals surface area (Å²) in [6.07, 6.45) is -3.12. The Morgan fingerprint density at radius 3 is 2.52 bits per heavy atom. The van der Waals surface area contributed by atoms with Gasteiger partial charge in [0.05, 0.1) is 25.0 Å². The topological polar surface area (TPSA) is 86.3 Å². The first-order valence-electron chi connectivity index (χ1n) is 9.14. The van der Waals surface area contributed by atoms with Gasteiger partial charge in [0.15, 0.2) is 17.0 Å².